The molecule has 0 fully saturated rings. The molecule has 0 saturated carbocycles. The highest BCUT2D eigenvalue weighted by molar-refractivity contribution is 5.77. The van der Waals surface area contributed by atoms with Crippen LogP contribution in [0.5, 0.6) is 0 Å². The average molecular weight is 295 g/mol. The molecular weight excluding hydrogens is 256 g/mol. The molecule has 21 heavy (non-hydrogen) atoms. The molecule has 0 bridgehead atoms. The molecule has 1 heteroatoms. The molecule has 0 saturated heterocycles. The van der Waals surface area contributed by atoms with Gasteiger partial charge in [-0.05, 0) is 32.1 Å². The number of Topliss-reactive ketones (excluding diaryl/α,β-unsaturated/α-hetero) is 1. The fraction of sp³-hybridized carbons (Fsp3) is 0.850. The van der Waals surface area contributed by atoms with Gasteiger partial charge in [-0.3, -0.25) is 4.79 Å². The van der Waals surface area contributed by atoms with Crippen molar-refractivity contribution in [2.24, 2.45) is 0 Å². The summed E-state index contributed by atoms with van der Waals surface area (Å²) in [6.07, 6.45) is 23.4. The Bertz CT molecular complexity index is 242. The van der Waals surface area contributed by atoms with Crippen molar-refractivity contribution >= 4 is 5.78 Å². The zero-order valence-corrected chi connectivity index (χ0v) is 14.7. The van der Waals surface area contributed by atoms with Crippen LogP contribution < -0.4 is 0 Å². The molecular formula is C20H38O. The lowest BCUT2D eigenvalue weighted by atomic mass is 10.1. The number of hydrogen-bond donors (Lipinski definition) is 0. The van der Waals surface area contributed by atoms with Gasteiger partial charge in [-0.2, -0.15) is 0 Å². The van der Waals surface area contributed by atoms with Crippen molar-refractivity contribution in [3.05, 3.63) is 12.2 Å². The lowest BCUT2D eigenvalue weighted by Gasteiger charge is -2.00. The third kappa shape index (κ3) is 17.4. The van der Waals surface area contributed by atoms with Crippen molar-refractivity contribution in [3.8, 4) is 0 Å². The predicted molar refractivity (Wildman–Crippen MR) is 94.8 cm³/mol. The smallest absolute Gasteiger partial charge is 0.132 e. The van der Waals surface area contributed by atoms with Gasteiger partial charge in [0.2, 0.25) is 0 Å². The first-order valence-electron chi connectivity index (χ1n) is 9.48. The zero-order valence-electron chi connectivity index (χ0n) is 14.7. The normalized spacial score (nSPS) is 11.3. The predicted octanol–water partition coefficient (Wildman–Crippen LogP) is 7.00. The minimum absolute atomic E-state index is 0.424. The Kier molecular flexibility index (Phi) is 17.0. The van der Waals surface area contributed by atoms with Gasteiger partial charge in [-0.1, -0.05) is 77.4 Å². The van der Waals surface area contributed by atoms with Gasteiger partial charge < -0.3 is 0 Å². The molecule has 0 aliphatic heterocycles. The standard InChI is InChI=1S/C20H38O/c1-3-5-6-7-8-9-10-11-12-13-14-15-16-17-18-19-20(21)4-2/h11-12H,3-10,13-19H2,1-2H3/b12-11-. The number of allylic oxidation sites excluding steroid dienone is 2. The minimum Gasteiger partial charge on any atom is -0.300 e. The summed E-state index contributed by atoms with van der Waals surface area (Å²) in [7, 11) is 0. The molecule has 0 N–H and O–H groups in total. The molecule has 0 aromatic rings. The van der Waals surface area contributed by atoms with E-state index in [1.165, 1.54) is 77.0 Å². The third-order valence-corrected chi connectivity index (χ3v) is 4.11. The third-order valence-electron chi connectivity index (χ3n) is 4.11. The SMILES string of the molecule is CCCCCCCC/C=C\CCCCCCCC(=O)CC. The topological polar surface area (TPSA) is 17.1 Å². The number of rotatable bonds is 16. The quantitative estimate of drug-likeness (QED) is 0.221. The summed E-state index contributed by atoms with van der Waals surface area (Å²) in [6.45, 7) is 4.23. The van der Waals surface area contributed by atoms with E-state index in [4.69, 9.17) is 0 Å². The molecule has 0 spiro atoms. The summed E-state index contributed by atoms with van der Waals surface area (Å²) in [5, 5.41) is 0. The van der Waals surface area contributed by atoms with E-state index < -0.39 is 0 Å². The minimum atomic E-state index is 0.424. The van der Waals surface area contributed by atoms with Gasteiger partial charge in [-0.15, -0.1) is 0 Å². The fourth-order valence-corrected chi connectivity index (χ4v) is 2.57. The van der Waals surface area contributed by atoms with Crippen LogP contribution in [0.15, 0.2) is 12.2 Å². The van der Waals surface area contributed by atoms with Gasteiger partial charge in [0, 0.05) is 12.8 Å². The Balaban J connectivity index is 3.10. The molecule has 0 atom stereocenters. The largest absolute Gasteiger partial charge is 0.300 e. The lowest BCUT2D eigenvalue weighted by Crippen LogP contribution is -1.93. The summed E-state index contributed by atoms with van der Waals surface area (Å²) >= 11 is 0. The van der Waals surface area contributed by atoms with Gasteiger partial charge in [0.1, 0.15) is 5.78 Å². The number of hydrogen-bond acceptors (Lipinski definition) is 1. The van der Waals surface area contributed by atoms with Gasteiger partial charge in [-0.25, -0.2) is 0 Å². The van der Waals surface area contributed by atoms with Crippen LogP contribution in [0.3, 0.4) is 0 Å². The second-order valence-electron chi connectivity index (χ2n) is 6.23. The maximum Gasteiger partial charge on any atom is 0.132 e. The van der Waals surface area contributed by atoms with Crippen molar-refractivity contribution in [1.82, 2.24) is 0 Å². The van der Waals surface area contributed by atoms with E-state index in [0.717, 1.165) is 12.8 Å². The Hall–Kier alpha value is -0.590. The van der Waals surface area contributed by atoms with Crippen LogP contribution in [-0.2, 0) is 4.79 Å². The number of unbranched alkanes of at least 4 members (excludes halogenated alkanes) is 11. The maximum atomic E-state index is 11.1. The van der Waals surface area contributed by atoms with Crippen molar-refractivity contribution in [2.45, 2.75) is 110 Å². The summed E-state index contributed by atoms with van der Waals surface area (Å²) in [4.78, 5) is 11.1. The highest BCUT2D eigenvalue weighted by Crippen LogP contribution is 2.10. The Morgan fingerprint density at radius 2 is 1.14 bits per heavy atom. The first-order valence-corrected chi connectivity index (χ1v) is 9.48. The van der Waals surface area contributed by atoms with E-state index in [9.17, 15) is 4.79 Å². The first-order chi connectivity index (χ1) is 10.3. The summed E-state index contributed by atoms with van der Waals surface area (Å²) in [5.41, 5.74) is 0. The van der Waals surface area contributed by atoms with Crippen molar-refractivity contribution in [2.75, 3.05) is 0 Å². The van der Waals surface area contributed by atoms with E-state index >= 15 is 0 Å². The summed E-state index contributed by atoms with van der Waals surface area (Å²) in [5.74, 6) is 0.424. The summed E-state index contributed by atoms with van der Waals surface area (Å²) in [6, 6.07) is 0. The Morgan fingerprint density at radius 3 is 1.67 bits per heavy atom. The highest BCUT2D eigenvalue weighted by Gasteiger charge is 1.97. The van der Waals surface area contributed by atoms with Crippen LogP contribution in [0, 0.1) is 0 Å². The highest BCUT2D eigenvalue weighted by atomic mass is 16.1. The molecule has 0 aromatic carbocycles. The molecule has 0 aliphatic carbocycles. The van der Waals surface area contributed by atoms with Crippen LogP contribution in [0.4, 0.5) is 0 Å². The second kappa shape index (κ2) is 17.5. The van der Waals surface area contributed by atoms with E-state index in [1.54, 1.807) is 0 Å². The molecule has 0 heterocycles. The van der Waals surface area contributed by atoms with Gasteiger partial charge in [0.05, 0.1) is 0 Å². The van der Waals surface area contributed by atoms with Crippen molar-refractivity contribution < 1.29 is 4.79 Å². The van der Waals surface area contributed by atoms with Gasteiger partial charge in [0.15, 0.2) is 0 Å². The van der Waals surface area contributed by atoms with Crippen LogP contribution in [-0.4, -0.2) is 5.78 Å². The number of carbonyl (C=O) groups is 1. The van der Waals surface area contributed by atoms with Gasteiger partial charge in [0.25, 0.3) is 0 Å². The van der Waals surface area contributed by atoms with E-state index in [2.05, 4.69) is 19.1 Å². The monoisotopic (exact) mass is 294 g/mol. The van der Waals surface area contributed by atoms with E-state index in [0.29, 0.717) is 12.2 Å². The molecule has 0 aromatic heterocycles. The maximum absolute atomic E-state index is 11.1. The zero-order chi connectivity index (χ0) is 15.6. The van der Waals surface area contributed by atoms with E-state index in [1.807, 2.05) is 6.92 Å². The Morgan fingerprint density at radius 1 is 0.667 bits per heavy atom. The fourth-order valence-electron chi connectivity index (χ4n) is 2.57. The molecule has 0 aliphatic rings. The van der Waals surface area contributed by atoms with Crippen molar-refractivity contribution in [3.63, 3.8) is 0 Å². The second-order valence-corrected chi connectivity index (χ2v) is 6.23. The van der Waals surface area contributed by atoms with Crippen LogP contribution in [0.1, 0.15) is 110 Å². The van der Waals surface area contributed by atoms with E-state index in [-0.39, 0.29) is 0 Å². The molecule has 0 amide bonds. The summed E-state index contributed by atoms with van der Waals surface area (Å²) < 4.78 is 0. The van der Waals surface area contributed by atoms with Gasteiger partial charge >= 0.3 is 0 Å². The molecule has 0 rings (SSSR count). The first kappa shape index (κ1) is 20.4. The number of carbonyl (C=O) groups excluding carboxylic acids is 1. The van der Waals surface area contributed by atoms with Crippen LogP contribution in [0.2, 0.25) is 0 Å². The number of ketones is 1. The van der Waals surface area contributed by atoms with Crippen LogP contribution in [0.25, 0.3) is 0 Å². The lowest BCUT2D eigenvalue weighted by molar-refractivity contribution is -0.118. The molecule has 1 nitrogen and oxygen atoms in total. The molecule has 0 unspecified atom stereocenters. The Labute approximate surface area is 133 Å². The van der Waals surface area contributed by atoms with Crippen molar-refractivity contribution in [1.29, 1.82) is 0 Å². The average Bonchev–Trinajstić information content (AvgIpc) is 2.50. The van der Waals surface area contributed by atoms with Crippen LogP contribution >= 0.6 is 0 Å². The molecule has 124 valence electrons. The molecule has 0 radical (unpaired) electrons.